The summed E-state index contributed by atoms with van der Waals surface area (Å²) >= 11 is 0. The second kappa shape index (κ2) is 5.45. The second-order valence-electron chi connectivity index (χ2n) is 4.97. The van der Waals surface area contributed by atoms with Gasteiger partial charge in [0.2, 0.25) is 0 Å². The van der Waals surface area contributed by atoms with E-state index in [1.165, 1.54) is 0 Å². The van der Waals surface area contributed by atoms with E-state index in [0.29, 0.717) is 6.10 Å². The van der Waals surface area contributed by atoms with Gasteiger partial charge in [-0.2, -0.15) is 0 Å². The molecule has 0 aromatic carbocycles. The number of ether oxygens (including phenoxy) is 1. The lowest BCUT2D eigenvalue weighted by molar-refractivity contribution is -0.0973. The average Bonchev–Trinajstić information content (AvgIpc) is 2.39. The monoisotopic (exact) mass is 228 g/mol. The summed E-state index contributed by atoms with van der Waals surface area (Å²) in [7, 11) is 0. The third kappa shape index (κ3) is 2.40. The molecule has 0 saturated carbocycles. The molecule has 2 atom stereocenters. The summed E-state index contributed by atoms with van der Waals surface area (Å²) in [6, 6.07) is 0. The molecule has 2 aliphatic rings. The van der Waals surface area contributed by atoms with E-state index in [9.17, 15) is 5.11 Å². The van der Waals surface area contributed by atoms with E-state index < -0.39 is 0 Å². The van der Waals surface area contributed by atoms with E-state index in [1.54, 1.807) is 0 Å². The summed E-state index contributed by atoms with van der Waals surface area (Å²) in [4.78, 5) is 2.47. The number of hydrogen-bond donors (Lipinski definition) is 2. The molecule has 0 radical (unpaired) electrons. The van der Waals surface area contributed by atoms with Crippen LogP contribution < -0.4 is 5.32 Å². The fourth-order valence-electron chi connectivity index (χ4n) is 2.93. The number of nitrogens with one attached hydrogen (secondary N) is 1. The van der Waals surface area contributed by atoms with Gasteiger partial charge in [0.15, 0.2) is 0 Å². The van der Waals surface area contributed by atoms with Crippen LogP contribution in [0.25, 0.3) is 0 Å². The molecule has 0 aromatic heterocycles. The highest BCUT2D eigenvalue weighted by Gasteiger charge is 2.41. The van der Waals surface area contributed by atoms with Crippen molar-refractivity contribution in [1.82, 2.24) is 10.2 Å². The summed E-state index contributed by atoms with van der Waals surface area (Å²) in [5.74, 6) is 0. The maximum absolute atomic E-state index is 9.79. The highest BCUT2D eigenvalue weighted by atomic mass is 16.5. The standard InChI is InChI=1S/C12H24N2O2/c1-2-11-9-12(10-15,3-8-16-11)14-6-4-13-5-7-14/h11,13,15H,2-10H2,1H3. The lowest BCUT2D eigenvalue weighted by atomic mass is 9.84. The number of hydrogen-bond acceptors (Lipinski definition) is 4. The first kappa shape index (κ1) is 12.3. The number of aliphatic hydroxyl groups is 1. The van der Waals surface area contributed by atoms with Crippen LogP contribution in [0, 0.1) is 0 Å². The van der Waals surface area contributed by atoms with Crippen molar-refractivity contribution in [3.8, 4) is 0 Å². The fourth-order valence-corrected chi connectivity index (χ4v) is 2.93. The van der Waals surface area contributed by atoms with Crippen LogP contribution in [0.2, 0.25) is 0 Å². The Kier molecular flexibility index (Phi) is 4.19. The molecule has 2 fully saturated rings. The van der Waals surface area contributed by atoms with Gasteiger partial charge in [0.1, 0.15) is 0 Å². The predicted molar refractivity (Wildman–Crippen MR) is 63.5 cm³/mol. The fraction of sp³-hybridized carbons (Fsp3) is 1.00. The summed E-state index contributed by atoms with van der Waals surface area (Å²) in [5, 5.41) is 13.2. The Morgan fingerprint density at radius 1 is 1.44 bits per heavy atom. The number of piperazine rings is 1. The van der Waals surface area contributed by atoms with Crippen LogP contribution >= 0.6 is 0 Å². The molecule has 0 spiro atoms. The van der Waals surface area contributed by atoms with Gasteiger partial charge in [0.05, 0.1) is 12.7 Å². The SMILES string of the molecule is CCC1CC(CO)(N2CCNCC2)CCO1. The summed E-state index contributed by atoms with van der Waals surface area (Å²) in [6.07, 6.45) is 3.34. The lowest BCUT2D eigenvalue weighted by Crippen LogP contribution is -2.61. The molecule has 2 rings (SSSR count). The van der Waals surface area contributed by atoms with Crippen molar-refractivity contribution in [3.05, 3.63) is 0 Å². The Hall–Kier alpha value is -0.160. The molecule has 4 heteroatoms. The second-order valence-corrected chi connectivity index (χ2v) is 4.97. The zero-order chi connectivity index (χ0) is 11.4. The summed E-state index contributed by atoms with van der Waals surface area (Å²) in [5.41, 5.74) is -0.0129. The maximum atomic E-state index is 9.79. The molecule has 0 amide bonds. The topological polar surface area (TPSA) is 44.7 Å². The minimum absolute atomic E-state index is 0.0129. The smallest absolute Gasteiger partial charge is 0.0617 e. The molecule has 2 N–H and O–H groups in total. The van der Waals surface area contributed by atoms with E-state index in [4.69, 9.17) is 4.74 Å². The Bertz CT molecular complexity index is 219. The average molecular weight is 228 g/mol. The molecule has 0 bridgehead atoms. The molecule has 0 aromatic rings. The number of aliphatic hydroxyl groups excluding tert-OH is 1. The third-order valence-corrected chi connectivity index (χ3v) is 4.07. The maximum Gasteiger partial charge on any atom is 0.0617 e. The Labute approximate surface area is 98.0 Å². The lowest BCUT2D eigenvalue weighted by Gasteiger charge is -2.49. The summed E-state index contributed by atoms with van der Waals surface area (Å²) in [6.45, 7) is 7.42. The molecule has 4 nitrogen and oxygen atoms in total. The van der Waals surface area contributed by atoms with Crippen molar-refractivity contribution in [2.24, 2.45) is 0 Å². The van der Waals surface area contributed by atoms with Crippen LogP contribution in [0.3, 0.4) is 0 Å². The first-order valence-electron chi connectivity index (χ1n) is 6.49. The first-order valence-corrected chi connectivity index (χ1v) is 6.49. The van der Waals surface area contributed by atoms with E-state index in [0.717, 1.165) is 52.0 Å². The van der Waals surface area contributed by atoms with E-state index in [-0.39, 0.29) is 12.1 Å². The van der Waals surface area contributed by atoms with Crippen molar-refractivity contribution >= 4 is 0 Å². The largest absolute Gasteiger partial charge is 0.394 e. The molecule has 0 aliphatic carbocycles. The zero-order valence-corrected chi connectivity index (χ0v) is 10.2. The Morgan fingerprint density at radius 3 is 2.81 bits per heavy atom. The van der Waals surface area contributed by atoms with Crippen LogP contribution in [0.5, 0.6) is 0 Å². The van der Waals surface area contributed by atoms with Gasteiger partial charge in [-0.05, 0) is 19.3 Å². The molecule has 94 valence electrons. The van der Waals surface area contributed by atoms with Gasteiger partial charge in [-0.3, -0.25) is 4.90 Å². The predicted octanol–water partition coefficient (Wildman–Crippen LogP) is 0.212. The zero-order valence-electron chi connectivity index (χ0n) is 10.2. The molecule has 16 heavy (non-hydrogen) atoms. The van der Waals surface area contributed by atoms with Crippen LogP contribution in [-0.4, -0.2) is 61.0 Å². The normalized spacial score (nSPS) is 37.5. The van der Waals surface area contributed by atoms with Gasteiger partial charge < -0.3 is 15.2 Å². The van der Waals surface area contributed by atoms with Crippen LogP contribution in [-0.2, 0) is 4.74 Å². The van der Waals surface area contributed by atoms with Gasteiger partial charge in [-0.1, -0.05) is 6.92 Å². The van der Waals surface area contributed by atoms with E-state index in [1.807, 2.05) is 0 Å². The van der Waals surface area contributed by atoms with Crippen LogP contribution in [0.15, 0.2) is 0 Å². The van der Waals surface area contributed by atoms with Crippen molar-refractivity contribution in [2.75, 3.05) is 39.4 Å². The third-order valence-electron chi connectivity index (χ3n) is 4.07. The number of nitrogens with zero attached hydrogens (tertiary/aromatic N) is 1. The summed E-state index contributed by atoms with van der Waals surface area (Å²) < 4.78 is 5.72. The molecule has 2 saturated heterocycles. The Balaban J connectivity index is 2.04. The molecule has 2 unspecified atom stereocenters. The van der Waals surface area contributed by atoms with Crippen molar-refractivity contribution < 1.29 is 9.84 Å². The molecule has 2 aliphatic heterocycles. The minimum Gasteiger partial charge on any atom is -0.394 e. The quantitative estimate of drug-likeness (QED) is 0.725. The molecular weight excluding hydrogens is 204 g/mol. The van der Waals surface area contributed by atoms with Gasteiger partial charge in [-0.25, -0.2) is 0 Å². The van der Waals surface area contributed by atoms with Crippen molar-refractivity contribution in [3.63, 3.8) is 0 Å². The molecular formula is C12H24N2O2. The minimum atomic E-state index is -0.0129. The van der Waals surface area contributed by atoms with Gasteiger partial charge in [0.25, 0.3) is 0 Å². The van der Waals surface area contributed by atoms with Crippen molar-refractivity contribution in [2.45, 2.75) is 37.8 Å². The number of rotatable bonds is 3. The highest BCUT2D eigenvalue weighted by Crippen LogP contribution is 2.32. The van der Waals surface area contributed by atoms with Crippen molar-refractivity contribution in [1.29, 1.82) is 0 Å². The first-order chi connectivity index (χ1) is 7.80. The molecule has 2 heterocycles. The highest BCUT2D eigenvalue weighted by molar-refractivity contribution is 4.96. The van der Waals surface area contributed by atoms with E-state index in [2.05, 4.69) is 17.1 Å². The Morgan fingerprint density at radius 2 is 2.19 bits per heavy atom. The van der Waals surface area contributed by atoms with Crippen LogP contribution in [0.4, 0.5) is 0 Å². The van der Waals surface area contributed by atoms with E-state index >= 15 is 0 Å². The van der Waals surface area contributed by atoms with Gasteiger partial charge in [-0.15, -0.1) is 0 Å². The van der Waals surface area contributed by atoms with Crippen LogP contribution in [0.1, 0.15) is 26.2 Å². The van der Waals surface area contributed by atoms with Gasteiger partial charge in [0, 0.05) is 38.3 Å². The van der Waals surface area contributed by atoms with Gasteiger partial charge >= 0.3 is 0 Å².